The second-order valence-corrected chi connectivity index (χ2v) is 4.05. The third kappa shape index (κ3) is 2.41. The summed E-state index contributed by atoms with van der Waals surface area (Å²) in [5, 5.41) is 18.1. The minimum Gasteiger partial charge on any atom is -0.496 e. The van der Waals surface area contributed by atoms with Gasteiger partial charge in [-0.15, -0.1) is 0 Å². The topological polar surface area (TPSA) is 66.0 Å². The summed E-state index contributed by atoms with van der Waals surface area (Å²) in [6, 6.07) is 14.5. The first-order valence-electron chi connectivity index (χ1n) is 5.90. The zero-order chi connectivity index (χ0) is 14.5. The van der Waals surface area contributed by atoms with E-state index in [1.165, 1.54) is 0 Å². The van der Waals surface area contributed by atoms with Gasteiger partial charge in [0.05, 0.1) is 37.5 Å². The van der Waals surface area contributed by atoms with Gasteiger partial charge in [0.25, 0.3) is 0 Å². The second kappa shape index (κ2) is 5.77. The highest BCUT2D eigenvalue weighted by molar-refractivity contribution is 5.78. The molecule has 0 heterocycles. The highest BCUT2D eigenvalue weighted by Crippen LogP contribution is 2.37. The van der Waals surface area contributed by atoms with E-state index in [4.69, 9.17) is 20.0 Å². The van der Waals surface area contributed by atoms with Gasteiger partial charge in [-0.05, 0) is 36.4 Å². The Morgan fingerprint density at radius 1 is 0.750 bits per heavy atom. The van der Waals surface area contributed by atoms with Gasteiger partial charge in [-0.25, -0.2) is 0 Å². The summed E-state index contributed by atoms with van der Waals surface area (Å²) in [5.74, 6) is 1.25. The van der Waals surface area contributed by atoms with Crippen molar-refractivity contribution in [3.05, 3.63) is 47.5 Å². The lowest BCUT2D eigenvalue weighted by Gasteiger charge is -2.13. The molecule has 0 saturated heterocycles. The van der Waals surface area contributed by atoms with Crippen molar-refractivity contribution in [3.8, 4) is 34.8 Å². The minimum absolute atomic E-state index is 0.519. The second-order valence-electron chi connectivity index (χ2n) is 4.05. The Morgan fingerprint density at radius 3 is 1.45 bits per heavy atom. The molecule has 0 bridgehead atoms. The number of hydrogen-bond donors (Lipinski definition) is 0. The Morgan fingerprint density at radius 2 is 1.15 bits per heavy atom. The summed E-state index contributed by atoms with van der Waals surface area (Å²) >= 11 is 0. The maximum absolute atomic E-state index is 9.03. The van der Waals surface area contributed by atoms with Crippen LogP contribution in [-0.2, 0) is 0 Å². The monoisotopic (exact) mass is 264 g/mol. The van der Waals surface area contributed by atoms with Crippen LogP contribution in [0.15, 0.2) is 36.4 Å². The van der Waals surface area contributed by atoms with Crippen molar-refractivity contribution in [2.24, 2.45) is 0 Å². The number of nitriles is 2. The number of rotatable bonds is 3. The number of benzene rings is 2. The van der Waals surface area contributed by atoms with Crippen LogP contribution in [0.4, 0.5) is 0 Å². The van der Waals surface area contributed by atoms with E-state index < -0.39 is 0 Å². The van der Waals surface area contributed by atoms with Gasteiger partial charge in [-0.3, -0.25) is 0 Å². The van der Waals surface area contributed by atoms with E-state index in [1.807, 2.05) is 0 Å². The van der Waals surface area contributed by atoms with E-state index in [0.29, 0.717) is 22.6 Å². The van der Waals surface area contributed by atoms with Crippen molar-refractivity contribution in [1.29, 1.82) is 10.5 Å². The van der Waals surface area contributed by atoms with Gasteiger partial charge in [0.2, 0.25) is 0 Å². The molecule has 2 aromatic carbocycles. The molecule has 0 atom stereocenters. The van der Waals surface area contributed by atoms with Crippen molar-refractivity contribution in [1.82, 2.24) is 0 Å². The summed E-state index contributed by atoms with van der Waals surface area (Å²) in [4.78, 5) is 0. The summed E-state index contributed by atoms with van der Waals surface area (Å²) in [7, 11) is 3.12. The molecule has 0 aliphatic carbocycles. The van der Waals surface area contributed by atoms with Crippen LogP contribution in [0.5, 0.6) is 11.5 Å². The lowest BCUT2D eigenvalue weighted by atomic mass is 9.99. The molecule has 0 spiro atoms. The molecule has 0 amide bonds. The van der Waals surface area contributed by atoms with E-state index in [0.717, 1.165) is 11.1 Å². The Kier molecular flexibility index (Phi) is 3.88. The van der Waals surface area contributed by atoms with E-state index >= 15 is 0 Å². The van der Waals surface area contributed by atoms with Gasteiger partial charge < -0.3 is 9.47 Å². The predicted molar refractivity (Wildman–Crippen MR) is 74.4 cm³/mol. The molecule has 0 N–H and O–H groups in total. The Balaban J connectivity index is 2.72. The van der Waals surface area contributed by atoms with Crippen LogP contribution < -0.4 is 9.47 Å². The summed E-state index contributed by atoms with van der Waals surface area (Å²) in [6.45, 7) is 0. The molecule has 20 heavy (non-hydrogen) atoms. The van der Waals surface area contributed by atoms with E-state index in [-0.39, 0.29) is 0 Å². The first kappa shape index (κ1) is 13.5. The third-order valence-corrected chi connectivity index (χ3v) is 2.95. The Labute approximate surface area is 117 Å². The molecular formula is C16H12N2O2. The van der Waals surface area contributed by atoms with Crippen LogP contribution in [0, 0.1) is 22.7 Å². The zero-order valence-electron chi connectivity index (χ0n) is 11.2. The number of methoxy groups -OCH3 is 2. The SMILES string of the molecule is COc1ccc(C#N)cc1-c1cc(C#N)ccc1OC. The van der Waals surface area contributed by atoms with Gasteiger partial charge in [-0.1, -0.05) is 0 Å². The zero-order valence-corrected chi connectivity index (χ0v) is 11.2. The number of hydrogen-bond acceptors (Lipinski definition) is 4. The van der Waals surface area contributed by atoms with Crippen LogP contribution in [0.2, 0.25) is 0 Å². The molecule has 0 aliphatic heterocycles. The molecule has 0 radical (unpaired) electrons. The quantitative estimate of drug-likeness (QED) is 0.854. The van der Waals surface area contributed by atoms with E-state index in [2.05, 4.69) is 12.1 Å². The summed E-state index contributed by atoms with van der Waals surface area (Å²) in [5.41, 5.74) is 2.48. The van der Waals surface area contributed by atoms with Gasteiger partial charge >= 0.3 is 0 Å². The first-order chi connectivity index (χ1) is 9.73. The van der Waals surface area contributed by atoms with Crippen molar-refractivity contribution in [2.75, 3.05) is 14.2 Å². The molecule has 4 heteroatoms. The van der Waals surface area contributed by atoms with Crippen molar-refractivity contribution in [3.63, 3.8) is 0 Å². The number of nitrogens with zero attached hydrogens (tertiary/aromatic N) is 2. The molecule has 4 nitrogen and oxygen atoms in total. The number of ether oxygens (including phenoxy) is 2. The maximum atomic E-state index is 9.03. The minimum atomic E-state index is 0.519. The van der Waals surface area contributed by atoms with Gasteiger partial charge in [0, 0.05) is 11.1 Å². The fourth-order valence-electron chi connectivity index (χ4n) is 1.98. The Bertz CT molecular complexity index is 661. The van der Waals surface area contributed by atoms with Crippen molar-refractivity contribution in [2.45, 2.75) is 0 Å². The largest absolute Gasteiger partial charge is 0.496 e. The van der Waals surface area contributed by atoms with Gasteiger partial charge in [-0.2, -0.15) is 10.5 Å². The molecule has 2 rings (SSSR count). The third-order valence-electron chi connectivity index (χ3n) is 2.95. The van der Waals surface area contributed by atoms with Crippen LogP contribution in [0.1, 0.15) is 11.1 Å². The lowest BCUT2D eigenvalue weighted by molar-refractivity contribution is 0.410. The van der Waals surface area contributed by atoms with E-state index in [9.17, 15) is 0 Å². The van der Waals surface area contributed by atoms with E-state index in [1.54, 1.807) is 50.6 Å². The fraction of sp³-hybridized carbons (Fsp3) is 0.125. The molecule has 0 aliphatic rings. The summed E-state index contributed by atoms with van der Waals surface area (Å²) < 4.78 is 10.6. The first-order valence-corrected chi connectivity index (χ1v) is 5.90. The molecule has 0 aromatic heterocycles. The van der Waals surface area contributed by atoms with Crippen LogP contribution >= 0.6 is 0 Å². The molecule has 2 aromatic rings. The lowest BCUT2D eigenvalue weighted by Crippen LogP contribution is -1.93. The van der Waals surface area contributed by atoms with Crippen LogP contribution in [-0.4, -0.2) is 14.2 Å². The Hall–Kier alpha value is -2.98. The predicted octanol–water partition coefficient (Wildman–Crippen LogP) is 3.11. The maximum Gasteiger partial charge on any atom is 0.126 e. The normalized spacial score (nSPS) is 9.40. The van der Waals surface area contributed by atoms with Crippen LogP contribution in [0.3, 0.4) is 0 Å². The highest BCUT2D eigenvalue weighted by Gasteiger charge is 2.13. The molecule has 0 fully saturated rings. The van der Waals surface area contributed by atoms with Gasteiger partial charge in [0.1, 0.15) is 11.5 Å². The molecule has 98 valence electrons. The smallest absolute Gasteiger partial charge is 0.126 e. The van der Waals surface area contributed by atoms with Crippen molar-refractivity contribution >= 4 is 0 Å². The average Bonchev–Trinajstić information content (AvgIpc) is 2.53. The van der Waals surface area contributed by atoms with Crippen molar-refractivity contribution < 1.29 is 9.47 Å². The van der Waals surface area contributed by atoms with Gasteiger partial charge in [0.15, 0.2) is 0 Å². The average molecular weight is 264 g/mol. The molecule has 0 saturated carbocycles. The highest BCUT2D eigenvalue weighted by atomic mass is 16.5. The fourth-order valence-corrected chi connectivity index (χ4v) is 1.98. The molecule has 0 unspecified atom stereocenters. The standard InChI is InChI=1S/C16H12N2O2/c1-19-15-5-3-11(9-17)7-13(15)14-8-12(10-18)4-6-16(14)20-2/h3-8H,1-2H3. The van der Waals surface area contributed by atoms with Crippen LogP contribution in [0.25, 0.3) is 11.1 Å². The molecular weight excluding hydrogens is 252 g/mol. The summed E-state index contributed by atoms with van der Waals surface area (Å²) in [6.07, 6.45) is 0.